The first kappa shape index (κ1) is 17.5. The summed E-state index contributed by atoms with van der Waals surface area (Å²) in [5, 5.41) is 7.87. The normalized spacial score (nSPS) is 15.3. The van der Waals surface area contributed by atoms with E-state index in [-0.39, 0.29) is 11.9 Å². The van der Waals surface area contributed by atoms with Gasteiger partial charge in [-0.15, -0.1) is 0 Å². The van der Waals surface area contributed by atoms with Crippen molar-refractivity contribution >= 4 is 5.91 Å². The zero-order valence-corrected chi connectivity index (χ0v) is 15.5. The third-order valence-corrected chi connectivity index (χ3v) is 5.15. The lowest BCUT2D eigenvalue weighted by Crippen LogP contribution is -2.30. The summed E-state index contributed by atoms with van der Waals surface area (Å²) in [6.07, 6.45) is 2.52. The van der Waals surface area contributed by atoms with Crippen molar-refractivity contribution in [1.82, 2.24) is 20.1 Å². The van der Waals surface area contributed by atoms with E-state index >= 15 is 0 Å². The van der Waals surface area contributed by atoms with Crippen LogP contribution in [0.25, 0.3) is 0 Å². The Bertz CT molecular complexity index is 919. The van der Waals surface area contributed by atoms with Gasteiger partial charge >= 0.3 is 0 Å². The number of hydrogen-bond donors (Lipinski definition) is 0. The summed E-state index contributed by atoms with van der Waals surface area (Å²) in [4.78, 5) is 16.6. The number of amides is 1. The van der Waals surface area contributed by atoms with Crippen molar-refractivity contribution in [3.05, 3.63) is 70.9 Å². The van der Waals surface area contributed by atoms with Crippen LogP contribution in [0.15, 0.2) is 51.7 Å². The summed E-state index contributed by atoms with van der Waals surface area (Å²) in [6, 6.07) is 11.8. The topological polar surface area (TPSA) is 75.6 Å². The lowest BCUT2D eigenvalue weighted by atomic mass is 10.00. The minimum absolute atomic E-state index is 0.204. The molecule has 7 heteroatoms. The van der Waals surface area contributed by atoms with Gasteiger partial charge in [0, 0.05) is 32.3 Å². The molecule has 4 rings (SSSR count). The zero-order chi connectivity index (χ0) is 18.8. The summed E-state index contributed by atoms with van der Waals surface area (Å²) >= 11 is 0. The van der Waals surface area contributed by atoms with Gasteiger partial charge in [-0.3, -0.25) is 9.69 Å². The van der Waals surface area contributed by atoms with Crippen molar-refractivity contribution in [3.8, 4) is 0 Å². The Hall–Kier alpha value is -2.93. The number of hydrogen-bond acceptors (Lipinski definition) is 6. The van der Waals surface area contributed by atoms with Crippen molar-refractivity contribution in [3.63, 3.8) is 0 Å². The van der Waals surface area contributed by atoms with Crippen molar-refractivity contribution in [2.24, 2.45) is 0 Å². The lowest BCUT2D eigenvalue weighted by Gasteiger charge is -2.27. The summed E-state index contributed by atoms with van der Waals surface area (Å²) in [5.74, 6) is 0.490. The van der Waals surface area contributed by atoms with Gasteiger partial charge in [-0.25, -0.2) is 0 Å². The fourth-order valence-electron chi connectivity index (χ4n) is 3.39. The quantitative estimate of drug-likeness (QED) is 0.691. The molecule has 140 valence electrons. The Balaban J connectivity index is 1.41. The predicted molar refractivity (Wildman–Crippen MR) is 97.8 cm³/mol. The van der Waals surface area contributed by atoms with E-state index in [2.05, 4.69) is 39.5 Å². The molecule has 0 saturated heterocycles. The van der Waals surface area contributed by atoms with Crippen LogP contribution in [0.4, 0.5) is 0 Å². The molecule has 1 aliphatic rings. The van der Waals surface area contributed by atoms with Crippen LogP contribution in [-0.4, -0.2) is 39.6 Å². The fraction of sp³-hybridized carbons (Fsp3) is 0.350. The molecule has 1 amide bonds. The van der Waals surface area contributed by atoms with Crippen molar-refractivity contribution in [1.29, 1.82) is 0 Å². The Morgan fingerprint density at radius 1 is 1.26 bits per heavy atom. The molecule has 7 nitrogen and oxygen atoms in total. The molecule has 3 heterocycles. The van der Waals surface area contributed by atoms with Crippen LogP contribution in [0.3, 0.4) is 0 Å². The van der Waals surface area contributed by atoms with Crippen LogP contribution in [0, 0.1) is 0 Å². The maximum atomic E-state index is 12.7. The van der Waals surface area contributed by atoms with Gasteiger partial charge in [0.2, 0.25) is 0 Å². The van der Waals surface area contributed by atoms with E-state index in [1.54, 1.807) is 24.1 Å². The second-order valence-corrected chi connectivity index (χ2v) is 6.92. The van der Waals surface area contributed by atoms with E-state index < -0.39 is 0 Å². The van der Waals surface area contributed by atoms with Crippen LogP contribution in [-0.2, 0) is 19.5 Å². The molecule has 0 radical (unpaired) electrons. The van der Waals surface area contributed by atoms with Gasteiger partial charge < -0.3 is 13.9 Å². The molecule has 0 spiro atoms. The number of nitrogens with zero attached hydrogens (tertiary/aromatic N) is 4. The van der Waals surface area contributed by atoms with Crippen molar-refractivity contribution < 1.29 is 13.8 Å². The Labute approximate surface area is 157 Å². The maximum Gasteiger partial charge on any atom is 0.276 e. The van der Waals surface area contributed by atoms with Crippen molar-refractivity contribution in [2.45, 2.75) is 32.5 Å². The highest BCUT2D eigenvalue weighted by Gasteiger charge is 2.24. The van der Waals surface area contributed by atoms with Crippen LogP contribution in [0.2, 0.25) is 0 Å². The first-order valence-electron chi connectivity index (χ1n) is 9.04. The predicted octanol–water partition coefficient (Wildman–Crippen LogP) is 3.05. The van der Waals surface area contributed by atoms with Crippen LogP contribution in [0.5, 0.6) is 0 Å². The molecule has 1 aliphatic heterocycles. The van der Waals surface area contributed by atoms with E-state index in [0.717, 1.165) is 19.5 Å². The molecular weight excluding hydrogens is 344 g/mol. The highest BCUT2D eigenvalue weighted by atomic mass is 16.5. The van der Waals surface area contributed by atoms with Crippen LogP contribution >= 0.6 is 0 Å². The largest absolute Gasteiger partial charge is 0.364 e. The second-order valence-electron chi connectivity index (χ2n) is 6.92. The molecule has 0 bridgehead atoms. The molecule has 1 aromatic carbocycles. The fourth-order valence-corrected chi connectivity index (χ4v) is 3.39. The molecule has 27 heavy (non-hydrogen) atoms. The van der Waals surface area contributed by atoms with E-state index in [4.69, 9.17) is 9.05 Å². The minimum Gasteiger partial charge on any atom is -0.364 e. The van der Waals surface area contributed by atoms with Gasteiger partial charge in [0.05, 0.1) is 12.6 Å². The van der Waals surface area contributed by atoms with Gasteiger partial charge in [0.1, 0.15) is 12.0 Å². The average molecular weight is 366 g/mol. The standard InChI is InChI=1S/C20H22N4O3/c1-14(18-8-10-26-21-18)23(2)20(25)19-11-17(27-22-19)13-24-9-7-15-5-3-4-6-16(15)12-24/h3-6,8,10-11,14H,7,9,12-13H2,1-2H3/t14-/m0/s1. The summed E-state index contributed by atoms with van der Waals surface area (Å²) in [5.41, 5.74) is 3.76. The van der Waals surface area contributed by atoms with Gasteiger partial charge in [-0.05, 0) is 24.5 Å². The number of carbonyl (C=O) groups excluding carboxylic acids is 1. The van der Waals surface area contributed by atoms with E-state index in [0.29, 0.717) is 23.7 Å². The SMILES string of the molecule is C[C@@H](c1ccon1)N(C)C(=O)c1cc(CN2CCc3ccccc3C2)on1. The number of fused-ring (bicyclic) bond motifs is 1. The minimum atomic E-state index is -0.213. The first-order chi connectivity index (χ1) is 13.1. The molecule has 3 aromatic rings. The molecule has 2 aromatic heterocycles. The third-order valence-electron chi connectivity index (χ3n) is 5.15. The monoisotopic (exact) mass is 366 g/mol. The average Bonchev–Trinajstić information content (AvgIpc) is 3.38. The number of rotatable bonds is 5. The first-order valence-corrected chi connectivity index (χ1v) is 9.04. The zero-order valence-electron chi connectivity index (χ0n) is 15.5. The van der Waals surface area contributed by atoms with Gasteiger partial charge in [-0.2, -0.15) is 0 Å². The summed E-state index contributed by atoms with van der Waals surface area (Å²) < 4.78 is 10.3. The highest BCUT2D eigenvalue weighted by molar-refractivity contribution is 5.92. The van der Waals surface area contributed by atoms with E-state index in [1.165, 1.54) is 17.4 Å². The van der Waals surface area contributed by atoms with E-state index in [1.807, 2.05) is 6.92 Å². The Morgan fingerprint density at radius 2 is 2.07 bits per heavy atom. The molecule has 1 atom stereocenters. The van der Waals surface area contributed by atoms with E-state index in [9.17, 15) is 4.79 Å². The molecule has 0 N–H and O–H groups in total. The highest BCUT2D eigenvalue weighted by Crippen LogP contribution is 2.22. The molecule has 0 saturated carbocycles. The Kier molecular flexibility index (Phi) is 4.77. The smallest absolute Gasteiger partial charge is 0.276 e. The molecule has 0 unspecified atom stereocenters. The summed E-state index contributed by atoms with van der Waals surface area (Å²) in [7, 11) is 1.72. The molecular formula is C20H22N4O3. The Morgan fingerprint density at radius 3 is 2.85 bits per heavy atom. The lowest BCUT2D eigenvalue weighted by molar-refractivity contribution is 0.0727. The third kappa shape index (κ3) is 3.64. The number of aromatic nitrogens is 2. The number of carbonyl (C=O) groups is 1. The second kappa shape index (κ2) is 7.36. The number of benzene rings is 1. The molecule has 0 aliphatic carbocycles. The van der Waals surface area contributed by atoms with Gasteiger partial charge in [0.15, 0.2) is 11.5 Å². The molecule has 0 fully saturated rings. The van der Waals surface area contributed by atoms with Crippen molar-refractivity contribution in [2.75, 3.05) is 13.6 Å². The maximum absolute atomic E-state index is 12.7. The van der Waals surface area contributed by atoms with Crippen LogP contribution in [0.1, 0.15) is 46.0 Å². The van der Waals surface area contributed by atoms with Gasteiger partial charge in [-0.1, -0.05) is 34.6 Å². The summed E-state index contributed by atoms with van der Waals surface area (Å²) in [6.45, 7) is 4.37. The van der Waals surface area contributed by atoms with Crippen LogP contribution < -0.4 is 0 Å². The van der Waals surface area contributed by atoms with Gasteiger partial charge in [0.25, 0.3) is 5.91 Å².